The smallest absolute Gasteiger partial charge is 0.244 e. The number of halogens is 3. The van der Waals surface area contributed by atoms with Gasteiger partial charge in [-0.2, -0.15) is 5.10 Å². The van der Waals surface area contributed by atoms with Crippen molar-refractivity contribution in [1.29, 1.82) is 0 Å². The van der Waals surface area contributed by atoms with E-state index in [0.717, 1.165) is 11.1 Å². The lowest BCUT2D eigenvalue weighted by molar-refractivity contribution is -0.120. The highest BCUT2D eigenvalue weighted by molar-refractivity contribution is 6.42. The van der Waals surface area contributed by atoms with Crippen LogP contribution in [0.5, 0.6) is 0 Å². The van der Waals surface area contributed by atoms with Crippen LogP contribution in [-0.2, 0) is 11.2 Å². The second-order valence-electron chi connectivity index (χ2n) is 5.43. The molecule has 7 heteroatoms. The summed E-state index contributed by atoms with van der Waals surface area (Å²) in [6.45, 7) is 0. The molecule has 0 bridgehead atoms. The fourth-order valence-corrected chi connectivity index (χ4v) is 2.65. The Bertz CT molecular complexity index is 950. The first-order valence-electron chi connectivity index (χ1n) is 7.63. The van der Waals surface area contributed by atoms with Crippen LogP contribution in [0.25, 0.3) is 11.3 Å². The van der Waals surface area contributed by atoms with E-state index in [1.165, 1.54) is 6.21 Å². The van der Waals surface area contributed by atoms with Crippen LogP contribution in [0.15, 0.2) is 64.1 Å². The third kappa shape index (κ3) is 4.88. The van der Waals surface area contributed by atoms with Crippen molar-refractivity contribution in [2.45, 2.75) is 6.42 Å². The van der Waals surface area contributed by atoms with Gasteiger partial charge in [0.05, 0.1) is 22.7 Å². The summed E-state index contributed by atoms with van der Waals surface area (Å²) in [4.78, 5) is 11.9. The maximum atomic E-state index is 11.9. The van der Waals surface area contributed by atoms with Crippen LogP contribution in [0.1, 0.15) is 11.3 Å². The van der Waals surface area contributed by atoms with Gasteiger partial charge in [-0.15, -0.1) is 0 Å². The molecule has 0 atom stereocenters. The number of benzene rings is 2. The second kappa shape index (κ2) is 8.41. The lowest BCUT2D eigenvalue weighted by atomic mass is 10.1. The van der Waals surface area contributed by atoms with Crippen molar-refractivity contribution in [3.05, 3.63) is 81.0 Å². The van der Waals surface area contributed by atoms with E-state index in [9.17, 15) is 4.79 Å². The van der Waals surface area contributed by atoms with Gasteiger partial charge < -0.3 is 4.42 Å². The largest absolute Gasteiger partial charge is 0.455 e. The molecule has 3 rings (SSSR count). The maximum absolute atomic E-state index is 11.9. The Kier molecular flexibility index (Phi) is 5.99. The molecule has 0 aliphatic carbocycles. The second-order valence-corrected chi connectivity index (χ2v) is 6.68. The first-order valence-corrected chi connectivity index (χ1v) is 8.76. The lowest BCUT2D eigenvalue weighted by Crippen LogP contribution is -2.19. The van der Waals surface area contributed by atoms with E-state index in [2.05, 4.69) is 10.5 Å². The molecule has 0 aliphatic rings. The summed E-state index contributed by atoms with van der Waals surface area (Å²) in [5.41, 5.74) is 4.10. The highest BCUT2D eigenvalue weighted by atomic mass is 35.5. The Hall–Kier alpha value is -2.27. The maximum Gasteiger partial charge on any atom is 0.244 e. The molecule has 132 valence electrons. The molecule has 1 N–H and O–H groups in total. The zero-order chi connectivity index (χ0) is 18.5. The molecular formula is C19H13Cl3N2O2. The third-order valence-corrected chi connectivity index (χ3v) is 4.48. The van der Waals surface area contributed by atoms with Crippen molar-refractivity contribution in [2.75, 3.05) is 0 Å². The third-order valence-electron chi connectivity index (χ3n) is 3.49. The summed E-state index contributed by atoms with van der Waals surface area (Å²) in [5.74, 6) is 0.884. The molecule has 0 saturated carbocycles. The highest BCUT2D eigenvalue weighted by Crippen LogP contribution is 2.29. The van der Waals surface area contributed by atoms with Crippen LogP contribution in [0.3, 0.4) is 0 Å². The predicted octanol–water partition coefficient (Wildman–Crippen LogP) is 5.60. The monoisotopic (exact) mass is 406 g/mol. The molecule has 26 heavy (non-hydrogen) atoms. The zero-order valence-electron chi connectivity index (χ0n) is 13.4. The summed E-state index contributed by atoms with van der Waals surface area (Å²) in [5, 5.41) is 5.46. The van der Waals surface area contributed by atoms with Gasteiger partial charge >= 0.3 is 0 Å². The van der Waals surface area contributed by atoms with Crippen LogP contribution >= 0.6 is 34.8 Å². The topological polar surface area (TPSA) is 54.6 Å². The number of carbonyl (C=O) groups is 1. The number of nitrogens with one attached hydrogen (secondary N) is 1. The molecule has 0 unspecified atom stereocenters. The number of hydrogen-bond acceptors (Lipinski definition) is 3. The SMILES string of the molecule is O=C(Cc1ccc(Cl)cc1)N/N=C\c1ccc(-c2ccc(Cl)c(Cl)c2)o1. The van der Waals surface area contributed by atoms with Crippen LogP contribution in [0, 0.1) is 0 Å². The first kappa shape index (κ1) is 18.5. The van der Waals surface area contributed by atoms with Gasteiger partial charge in [0.15, 0.2) is 0 Å². The number of amides is 1. The van der Waals surface area contributed by atoms with Crippen LogP contribution in [0.4, 0.5) is 0 Å². The van der Waals surface area contributed by atoms with Gasteiger partial charge in [-0.05, 0) is 48.0 Å². The van der Waals surface area contributed by atoms with E-state index in [4.69, 9.17) is 39.2 Å². The Balaban J connectivity index is 1.59. The van der Waals surface area contributed by atoms with E-state index in [0.29, 0.717) is 26.6 Å². The zero-order valence-corrected chi connectivity index (χ0v) is 15.6. The summed E-state index contributed by atoms with van der Waals surface area (Å²) in [6, 6.07) is 15.8. The predicted molar refractivity (Wildman–Crippen MR) is 105 cm³/mol. The molecule has 1 heterocycles. The van der Waals surface area contributed by atoms with Gasteiger partial charge in [0.25, 0.3) is 0 Å². The number of nitrogens with zero attached hydrogens (tertiary/aromatic N) is 1. The molecule has 0 saturated heterocycles. The lowest BCUT2D eigenvalue weighted by Gasteiger charge is -2.00. The minimum atomic E-state index is -0.236. The van der Waals surface area contributed by atoms with E-state index in [-0.39, 0.29) is 12.3 Å². The number of rotatable bonds is 5. The van der Waals surface area contributed by atoms with Crippen LogP contribution in [-0.4, -0.2) is 12.1 Å². The van der Waals surface area contributed by atoms with Crippen LogP contribution < -0.4 is 5.43 Å². The van der Waals surface area contributed by atoms with Crippen molar-refractivity contribution in [3.8, 4) is 11.3 Å². The van der Waals surface area contributed by atoms with E-state index in [1.807, 2.05) is 6.07 Å². The van der Waals surface area contributed by atoms with Gasteiger partial charge in [-0.25, -0.2) is 5.43 Å². The van der Waals surface area contributed by atoms with Crippen molar-refractivity contribution < 1.29 is 9.21 Å². The highest BCUT2D eigenvalue weighted by Gasteiger charge is 2.07. The molecule has 0 spiro atoms. The minimum absolute atomic E-state index is 0.210. The van der Waals surface area contributed by atoms with Gasteiger partial charge in [0, 0.05) is 10.6 Å². The molecule has 1 aromatic heterocycles. The average Bonchev–Trinajstić information content (AvgIpc) is 3.08. The van der Waals surface area contributed by atoms with Gasteiger partial charge in [0.1, 0.15) is 11.5 Å². The number of carbonyl (C=O) groups excluding carboxylic acids is 1. The summed E-state index contributed by atoms with van der Waals surface area (Å²) < 4.78 is 5.66. The van der Waals surface area contributed by atoms with Crippen molar-refractivity contribution in [3.63, 3.8) is 0 Å². The molecule has 0 radical (unpaired) electrons. The van der Waals surface area contributed by atoms with Crippen molar-refractivity contribution in [2.24, 2.45) is 5.10 Å². The Morgan fingerprint density at radius 3 is 2.50 bits per heavy atom. The normalized spacial score (nSPS) is 11.0. The molecule has 0 aliphatic heterocycles. The quantitative estimate of drug-likeness (QED) is 0.442. The first-order chi connectivity index (χ1) is 12.5. The fraction of sp³-hybridized carbons (Fsp3) is 0.0526. The summed E-state index contributed by atoms with van der Waals surface area (Å²) >= 11 is 17.7. The Morgan fingerprint density at radius 1 is 1.00 bits per heavy atom. The molecule has 0 fully saturated rings. The van der Waals surface area contributed by atoms with E-state index >= 15 is 0 Å². The number of hydrogen-bond donors (Lipinski definition) is 1. The van der Waals surface area contributed by atoms with E-state index in [1.54, 1.807) is 48.5 Å². The number of hydrazone groups is 1. The van der Waals surface area contributed by atoms with Crippen molar-refractivity contribution in [1.82, 2.24) is 5.43 Å². The summed E-state index contributed by atoms with van der Waals surface area (Å²) in [6.07, 6.45) is 1.64. The molecule has 3 aromatic rings. The van der Waals surface area contributed by atoms with Gasteiger partial charge in [-0.1, -0.05) is 46.9 Å². The van der Waals surface area contributed by atoms with Crippen LogP contribution in [0.2, 0.25) is 15.1 Å². The Labute approximate surface area is 165 Å². The molecule has 2 aromatic carbocycles. The average molecular weight is 408 g/mol. The molecule has 1 amide bonds. The van der Waals surface area contributed by atoms with Crippen molar-refractivity contribution >= 4 is 46.9 Å². The Morgan fingerprint density at radius 2 is 1.77 bits per heavy atom. The molecular weight excluding hydrogens is 395 g/mol. The molecule has 4 nitrogen and oxygen atoms in total. The van der Waals surface area contributed by atoms with Gasteiger partial charge in [-0.3, -0.25) is 4.79 Å². The standard InChI is InChI=1S/C19H13Cl3N2O2/c20-14-4-1-12(2-5-14)9-19(25)24-23-11-15-6-8-18(26-15)13-3-7-16(21)17(22)10-13/h1-8,10-11H,9H2,(H,24,25)/b23-11-. The number of furan rings is 1. The fourth-order valence-electron chi connectivity index (χ4n) is 2.22. The summed E-state index contributed by atoms with van der Waals surface area (Å²) in [7, 11) is 0. The van der Waals surface area contributed by atoms with Gasteiger partial charge in [0.2, 0.25) is 5.91 Å². The van der Waals surface area contributed by atoms with E-state index < -0.39 is 0 Å². The minimum Gasteiger partial charge on any atom is -0.455 e.